The molecule has 1 heterocycles. The molecule has 0 saturated carbocycles. The van der Waals surface area contributed by atoms with Gasteiger partial charge >= 0.3 is 0 Å². The standard InChI is InChI=1S/C20H28N4O3/c1-6-10-24(11-7-2)19-13-17(21-14(3)22-19)20(25)23-16-9-8-15(26-4)12-18(16)27-5/h8-9,12-13H,6-7,10-11H2,1-5H3,(H,23,25). The lowest BCUT2D eigenvalue weighted by Gasteiger charge is -2.23. The van der Waals surface area contributed by atoms with Gasteiger partial charge in [0.25, 0.3) is 5.91 Å². The van der Waals surface area contributed by atoms with Crippen LogP contribution >= 0.6 is 0 Å². The van der Waals surface area contributed by atoms with Crippen LogP contribution in [0, 0.1) is 6.92 Å². The Bertz CT molecular complexity index is 774. The molecule has 0 atom stereocenters. The maximum Gasteiger partial charge on any atom is 0.274 e. The third-order valence-electron chi connectivity index (χ3n) is 4.03. The number of amides is 1. The van der Waals surface area contributed by atoms with Gasteiger partial charge in [0, 0.05) is 25.2 Å². The zero-order valence-electron chi connectivity index (χ0n) is 16.7. The molecule has 0 fully saturated rings. The highest BCUT2D eigenvalue weighted by Gasteiger charge is 2.16. The van der Waals surface area contributed by atoms with E-state index in [0.717, 1.165) is 31.7 Å². The van der Waals surface area contributed by atoms with Crippen LogP contribution in [0.25, 0.3) is 0 Å². The van der Waals surface area contributed by atoms with Crippen molar-refractivity contribution >= 4 is 17.4 Å². The Morgan fingerprint density at radius 1 is 1.07 bits per heavy atom. The van der Waals surface area contributed by atoms with Gasteiger partial charge in [-0.05, 0) is 31.9 Å². The number of aryl methyl sites for hydroxylation is 1. The Hall–Kier alpha value is -2.83. The van der Waals surface area contributed by atoms with Crippen molar-refractivity contribution in [2.45, 2.75) is 33.6 Å². The maximum absolute atomic E-state index is 12.8. The molecule has 0 aliphatic rings. The van der Waals surface area contributed by atoms with Gasteiger partial charge in [0.2, 0.25) is 0 Å². The molecular formula is C20H28N4O3. The lowest BCUT2D eigenvalue weighted by atomic mass is 10.2. The summed E-state index contributed by atoms with van der Waals surface area (Å²) in [5.74, 6) is 2.21. The summed E-state index contributed by atoms with van der Waals surface area (Å²) in [5.41, 5.74) is 0.882. The van der Waals surface area contributed by atoms with Crippen LogP contribution in [0.4, 0.5) is 11.5 Å². The van der Waals surface area contributed by atoms with E-state index in [-0.39, 0.29) is 5.91 Å². The zero-order chi connectivity index (χ0) is 19.8. The fraction of sp³-hybridized carbons (Fsp3) is 0.450. The zero-order valence-corrected chi connectivity index (χ0v) is 16.7. The highest BCUT2D eigenvalue weighted by atomic mass is 16.5. The SMILES string of the molecule is CCCN(CCC)c1cc(C(=O)Nc2ccc(OC)cc2OC)nc(C)n1. The predicted molar refractivity (Wildman–Crippen MR) is 107 cm³/mol. The third-order valence-corrected chi connectivity index (χ3v) is 4.03. The maximum atomic E-state index is 12.8. The van der Waals surface area contributed by atoms with E-state index in [2.05, 4.69) is 34.0 Å². The second kappa shape index (κ2) is 9.75. The van der Waals surface area contributed by atoms with E-state index in [9.17, 15) is 4.79 Å². The van der Waals surface area contributed by atoms with Crippen LogP contribution in [-0.2, 0) is 0 Å². The number of hydrogen-bond donors (Lipinski definition) is 1. The highest BCUT2D eigenvalue weighted by molar-refractivity contribution is 6.04. The number of carbonyl (C=O) groups excluding carboxylic acids is 1. The number of anilines is 2. The molecule has 1 aromatic heterocycles. The minimum Gasteiger partial charge on any atom is -0.497 e. The number of benzene rings is 1. The minimum absolute atomic E-state index is 0.307. The van der Waals surface area contributed by atoms with Crippen LogP contribution < -0.4 is 19.7 Å². The van der Waals surface area contributed by atoms with Gasteiger partial charge in [0.1, 0.15) is 28.8 Å². The van der Waals surface area contributed by atoms with E-state index in [1.807, 2.05) is 0 Å². The van der Waals surface area contributed by atoms with E-state index < -0.39 is 0 Å². The van der Waals surface area contributed by atoms with Crippen molar-refractivity contribution in [3.63, 3.8) is 0 Å². The topological polar surface area (TPSA) is 76.6 Å². The minimum atomic E-state index is -0.307. The molecular weight excluding hydrogens is 344 g/mol. The van der Waals surface area contributed by atoms with E-state index >= 15 is 0 Å². The van der Waals surface area contributed by atoms with Gasteiger partial charge in [-0.15, -0.1) is 0 Å². The number of rotatable bonds is 9. The van der Waals surface area contributed by atoms with Gasteiger partial charge < -0.3 is 19.7 Å². The third kappa shape index (κ3) is 5.32. The second-order valence-electron chi connectivity index (χ2n) is 6.17. The van der Waals surface area contributed by atoms with Crippen LogP contribution in [0.15, 0.2) is 24.3 Å². The Balaban J connectivity index is 2.28. The number of nitrogens with zero attached hydrogens (tertiary/aromatic N) is 3. The molecule has 7 heteroatoms. The summed E-state index contributed by atoms with van der Waals surface area (Å²) in [6.45, 7) is 7.82. The van der Waals surface area contributed by atoms with Crippen molar-refractivity contribution in [3.8, 4) is 11.5 Å². The first kappa shape index (κ1) is 20.5. The Labute approximate surface area is 160 Å². The molecule has 0 saturated heterocycles. The average Bonchev–Trinajstić information content (AvgIpc) is 2.67. The van der Waals surface area contributed by atoms with Gasteiger partial charge in [-0.3, -0.25) is 4.79 Å². The Kier molecular flexibility index (Phi) is 7.40. The summed E-state index contributed by atoms with van der Waals surface area (Å²) in [4.78, 5) is 23.8. The van der Waals surface area contributed by atoms with Crippen LogP contribution in [0.3, 0.4) is 0 Å². The lowest BCUT2D eigenvalue weighted by molar-refractivity contribution is 0.102. The number of hydrogen-bond acceptors (Lipinski definition) is 6. The van der Waals surface area contributed by atoms with E-state index in [4.69, 9.17) is 9.47 Å². The predicted octanol–water partition coefficient (Wildman–Crippen LogP) is 3.68. The van der Waals surface area contributed by atoms with Gasteiger partial charge in [-0.1, -0.05) is 13.8 Å². The lowest BCUT2D eigenvalue weighted by Crippen LogP contribution is -2.27. The smallest absolute Gasteiger partial charge is 0.274 e. The monoisotopic (exact) mass is 372 g/mol. The Morgan fingerprint density at radius 2 is 1.78 bits per heavy atom. The van der Waals surface area contributed by atoms with E-state index in [0.29, 0.717) is 28.7 Å². The first-order chi connectivity index (χ1) is 13.0. The summed E-state index contributed by atoms with van der Waals surface area (Å²) >= 11 is 0. The van der Waals surface area contributed by atoms with Crippen molar-refractivity contribution in [2.24, 2.45) is 0 Å². The molecule has 146 valence electrons. The molecule has 1 N–H and O–H groups in total. The number of nitrogens with one attached hydrogen (secondary N) is 1. The van der Waals surface area contributed by atoms with Crippen molar-refractivity contribution in [1.29, 1.82) is 0 Å². The molecule has 0 bridgehead atoms. The summed E-state index contributed by atoms with van der Waals surface area (Å²) in [6, 6.07) is 6.96. The van der Waals surface area contributed by atoms with Crippen molar-refractivity contribution in [3.05, 3.63) is 35.8 Å². The van der Waals surface area contributed by atoms with Gasteiger partial charge in [-0.2, -0.15) is 0 Å². The van der Waals surface area contributed by atoms with E-state index in [1.54, 1.807) is 45.4 Å². The molecule has 27 heavy (non-hydrogen) atoms. The fourth-order valence-corrected chi connectivity index (χ4v) is 2.80. The summed E-state index contributed by atoms with van der Waals surface area (Å²) in [5, 5.41) is 2.86. The first-order valence-corrected chi connectivity index (χ1v) is 9.16. The molecule has 2 rings (SSSR count). The molecule has 2 aromatic rings. The van der Waals surface area contributed by atoms with Gasteiger partial charge in [0.15, 0.2) is 0 Å². The number of carbonyl (C=O) groups is 1. The highest BCUT2D eigenvalue weighted by Crippen LogP contribution is 2.29. The van der Waals surface area contributed by atoms with Gasteiger partial charge in [0.05, 0.1) is 19.9 Å². The molecule has 0 aliphatic carbocycles. The quantitative estimate of drug-likeness (QED) is 0.723. The van der Waals surface area contributed by atoms with Crippen LogP contribution in [0.5, 0.6) is 11.5 Å². The summed E-state index contributed by atoms with van der Waals surface area (Å²) < 4.78 is 10.5. The largest absolute Gasteiger partial charge is 0.497 e. The van der Waals surface area contributed by atoms with E-state index in [1.165, 1.54) is 0 Å². The molecule has 1 aromatic carbocycles. The molecule has 7 nitrogen and oxygen atoms in total. The number of ether oxygens (including phenoxy) is 2. The molecule has 0 radical (unpaired) electrons. The molecule has 0 aliphatic heterocycles. The average molecular weight is 372 g/mol. The van der Waals surface area contributed by atoms with Crippen molar-refractivity contribution in [2.75, 3.05) is 37.5 Å². The first-order valence-electron chi connectivity index (χ1n) is 9.16. The molecule has 1 amide bonds. The molecule has 0 unspecified atom stereocenters. The fourth-order valence-electron chi connectivity index (χ4n) is 2.80. The van der Waals surface area contributed by atoms with Gasteiger partial charge in [-0.25, -0.2) is 9.97 Å². The molecule has 0 spiro atoms. The van der Waals surface area contributed by atoms with Crippen LogP contribution in [-0.4, -0.2) is 43.2 Å². The number of aromatic nitrogens is 2. The normalized spacial score (nSPS) is 10.4. The van der Waals surface area contributed by atoms with Crippen LogP contribution in [0.1, 0.15) is 43.0 Å². The van der Waals surface area contributed by atoms with Crippen molar-refractivity contribution in [1.82, 2.24) is 9.97 Å². The van der Waals surface area contributed by atoms with Crippen molar-refractivity contribution < 1.29 is 14.3 Å². The second-order valence-corrected chi connectivity index (χ2v) is 6.17. The Morgan fingerprint density at radius 3 is 2.37 bits per heavy atom. The van der Waals surface area contributed by atoms with Crippen LogP contribution in [0.2, 0.25) is 0 Å². The summed E-state index contributed by atoms with van der Waals surface area (Å²) in [7, 11) is 3.13. The number of methoxy groups -OCH3 is 2. The summed E-state index contributed by atoms with van der Waals surface area (Å²) in [6.07, 6.45) is 2.02.